The Morgan fingerprint density at radius 3 is 2.40 bits per heavy atom. The second-order valence-electron chi connectivity index (χ2n) is 6.80. The number of hydrogen-bond acceptors (Lipinski definition) is 3. The van der Waals surface area contributed by atoms with Crippen molar-refractivity contribution in [1.82, 2.24) is 14.8 Å². The van der Waals surface area contributed by atoms with Crippen LogP contribution in [0.2, 0.25) is 0 Å². The minimum Gasteiger partial charge on any atom is -0.373 e. The number of hydrogen-bond donors (Lipinski definition) is 1. The zero-order valence-electron chi connectivity index (χ0n) is 15.0. The van der Waals surface area contributed by atoms with Gasteiger partial charge in [-0.15, -0.1) is 0 Å². The average molecular weight is 341 g/mol. The number of benzene rings is 1. The lowest BCUT2D eigenvalue weighted by molar-refractivity contribution is -0.120. The monoisotopic (exact) mass is 341 g/mol. The molecule has 0 radical (unpaired) electrons. The third kappa shape index (κ3) is 5.18. The van der Waals surface area contributed by atoms with Crippen molar-refractivity contribution in [2.45, 2.75) is 32.5 Å². The van der Waals surface area contributed by atoms with Gasteiger partial charge in [0.05, 0.1) is 18.6 Å². The maximum absolute atomic E-state index is 12.1. The first-order chi connectivity index (χ1) is 12.1. The lowest BCUT2D eigenvalue weighted by Gasteiger charge is -2.35. The molecule has 0 spiro atoms. The summed E-state index contributed by atoms with van der Waals surface area (Å²) in [5.41, 5.74) is 2.13. The minimum absolute atomic E-state index is 0.0723. The van der Waals surface area contributed by atoms with Gasteiger partial charge in [-0.25, -0.2) is 0 Å². The van der Waals surface area contributed by atoms with Gasteiger partial charge in [-0.2, -0.15) is 0 Å². The average Bonchev–Trinajstić information content (AvgIpc) is 3.09. The minimum atomic E-state index is 0.0723. The summed E-state index contributed by atoms with van der Waals surface area (Å²) in [4.78, 5) is 14.5. The van der Waals surface area contributed by atoms with Gasteiger partial charge >= 0.3 is 0 Å². The molecule has 1 saturated heterocycles. The number of rotatable bonds is 6. The van der Waals surface area contributed by atoms with Gasteiger partial charge in [0, 0.05) is 44.3 Å². The normalized spacial score (nSPS) is 21.2. The lowest BCUT2D eigenvalue weighted by atomic mass is 10.1. The fourth-order valence-electron chi connectivity index (χ4n) is 3.36. The van der Waals surface area contributed by atoms with Crippen LogP contribution in [0.3, 0.4) is 0 Å². The molecule has 1 aliphatic heterocycles. The summed E-state index contributed by atoms with van der Waals surface area (Å²) in [7, 11) is 0. The molecule has 1 aromatic heterocycles. The maximum atomic E-state index is 12.1. The molecule has 0 saturated carbocycles. The molecule has 3 rings (SSSR count). The highest BCUT2D eigenvalue weighted by molar-refractivity contribution is 5.78. The summed E-state index contributed by atoms with van der Waals surface area (Å²) in [6, 6.07) is 12.1. The second-order valence-corrected chi connectivity index (χ2v) is 6.80. The van der Waals surface area contributed by atoms with Crippen molar-refractivity contribution >= 4 is 5.91 Å². The second kappa shape index (κ2) is 8.32. The molecule has 25 heavy (non-hydrogen) atoms. The van der Waals surface area contributed by atoms with Crippen LogP contribution < -0.4 is 5.32 Å². The number of ether oxygens (including phenoxy) is 1. The molecule has 0 aliphatic carbocycles. The van der Waals surface area contributed by atoms with Crippen LogP contribution in [0.1, 0.15) is 19.4 Å². The largest absolute Gasteiger partial charge is 0.373 e. The molecule has 1 N–H and O–H groups in total. The Morgan fingerprint density at radius 1 is 1.12 bits per heavy atom. The predicted molar refractivity (Wildman–Crippen MR) is 98.9 cm³/mol. The Balaban J connectivity index is 1.42. The van der Waals surface area contributed by atoms with Gasteiger partial charge in [0.15, 0.2) is 0 Å². The number of carbonyl (C=O) groups is 1. The van der Waals surface area contributed by atoms with Crippen LogP contribution >= 0.6 is 0 Å². The molecule has 1 aromatic carbocycles. The summed E-state index contributed by atoms with van der Waals surface area (Å²) in [5.74, 6) is 0.0723. The molecule has 1 aliphatic rings. The van der Waals surface area contributed by atoms with E-state index in [4.69, 9.17) is 4.74 Å². The first-order valence-electron chi connectivity index (χ1n) is 8.97. The highest BCUT2D eigenvalue weighted by Gasteiger charge is 2.21. The number of carbonyl (C=O) groups excluding carboxylic acids is 1. The lowest BCUT2D eigenvalue weighted by Crippen LogP contribution is -2.48. The van der Waals surface area contributed by atoms with E-state index in [0.717, 1.165) is 30.9 Å². The van der Waals surface area contributed by atoms with Gasteiger partial charge in [0.2, 0.25) is 5.91 Å². The van der Waals surface area contributed by atoms with Gasteiger partial charge in [-0.3, -0.25) is 9.69 Å². The van der Waals surface area contributed by atoms with E-state index in [1.807, 2.05) is 53.4 Å². The molecule has 134 valence electrons. The standard InChI is InChI=1S/C20H27N3O2/c1-16-14-22(15-17(2)25-16)12-9-21-20(24)13-18-5-7-19(8-6-18)23-10-3-4-11-23/h3-8,10-11,16-17H,9,12-15H2,1-2H3,(H,21,24). The van der Waals surface area contributed by atoms with Crippen LogP contribution in [-0.2, 0) is 16.0 Å². The van der Waals surface area contributed by atoms with Crippen LogP contribution in [0.5, 0.6) is 0 Å². The Hall–Kier alpha value is -2.11. The van der Waals surface area contributed by atoms with E-state index in [2.05, 4.69) is 24.1 Å². The van der Waals surface area contributed by atoms with E-state index in [9.17, 15) is 4.79 Å². The summed E-state index contributed by atoms with van der Waals surface area (Å²) in [6.07, 6.45) is 4.96. The van der Waals surface area contributed by atoms with Crippen molar-refractivity contribution in [3.8, 4) is 5.69 Å². The fourth-order valence-corrected chi connectivity index (χ4v) is 3.36. The topological polar surface area (TPSA) is 46.5 Å². The third-order valence-corrected chi connectivity index (χ3v) is 4.45. The quantitative estimate of drug-likeness (QED) is 0.877. The number of amides is 1. The number of nitrogens with zero attached hydrogens (tertiary/aromatic N) is 2. The van der Waals surface area contributed by atoms with E-state index in [0.29, 0.717) is 13.0 Å². The smallest absolute Gasteiger partial charge is 0.224 e. The molecule has 2 aromatic rings. The number of aromatic nitrogens is 1. The molecule has 5 heteroatoms. The summed E-state index contributed by atoms with van der Waals surface area (Å²) >= 11 is 0. The first-order valence-corrected chi connectivity index (χ1v) is 8.97. The van der Waals surface area contributed by atoms with Gasteiger partial charge < -0.3 is 14.6 Å². The molecule has 5 nitrogen and oxygen atoms in total. The highest BCUT2D eigenvalue weighted by Crippen LogP contribution is 2.11. The molecule has 1 fully saturated rings. The Labute approximate surface area is 149 Å². The van der Waals surface area contributed by atoms with E-state index in [1.54, 1.807) is 0 Å². The highest BCUT2D eigenvalue weighted by atomic mass is 16.5. The molecule has 1 amide bonds. The van der Waals surface area contributed by atoms with Gasteiger partial charge in [0.1, 0.15) is 0 Å². The fraction of sp³-hybridized carbons (Fsp3) is 0.450. The van der Waals surface area contributed by atoms with Gasteiger partial charge in [-0.1, -0.05) is 12.1 Å². The van der Waals surface area contributed by atoms with E-state index < -0.39 is 0 Å². The van der Waals surface area contributed by atoms with Crippen molar-refractivity contribution in [3.63, 3.8) is 0 Å². The van der Waals surface area contributed by atoms with Crippen LogP contribution in [0.4, 0.5) is 0 Å². The van der Waals surface area contributed by atoms with Crippen molar-refractivity contribution in [2.24, 2.45) is 0 Å². The summed E-state index contributed by atoms with van der Waals surface area (Å²) < 4.78 is 7.78. The zero-order chi connectivity index (χ0) is 17.6. The zero-order valence-corrected chi connectivity index (χ0v) is 15.0. The number of morpholine rings is 1. The van der Waals surface area contributed by atoms with Crippen molar-refractivity contribution in [2.75, 3.05) is 26.2 Å². The maximum Gasteiger partial charge on any atom is 0.224 e. The summed E-state index contributed by atoms with van der Waals surface area (Å²) in [6.45, 7) is 7.61. The molecule has 2 unspecified atom stereocenters. The van der Waals surface area contributed by atoms with E-state index in [1.165, 1.54) is 0 Å². The van der Waals surface area contributed by atoms with Crippen LogP contribution in [-0.4, -0.2) is 53.8 Å². The first kappa shape index (κ1) is 17.7. The van der Waals surface area contributed by atoms with Gasteiger partial charge in [-0.05, 0) is 43.7 Å². The molecule has 2 heterocycles. The molecule has 0 bridgehead atoms. The molecule has 2 atom stereocenters. The van der Waals surface area contributed by atoms with Crippen LogP contribution in [0, 0.1) is 0 Å². The SMILES string of the molecule is CC1CN(CCNC(=O)Cc2ccc(-n3cccc3)cc2)CC(C)O1. The predicted octanol–water partition coefficient (Wildman–Crippen LogP) is 2.25. The Bertz CT molecular complexity index is 657. The van der Waals surface area contributed by atoms with E-state index in [-0.39, 0.29) is 18.1 Å². The van der Waals surface area contributed by atoms with Crippen LogP contribution in [0.25, 0.3) is 5.69 Å². The number of nitrogens with one attached hydrogen (secondary N) is 1. The van der Waals surface area contributed by atoms with Crippen LogP contribution in [0.15, 0.2) is 48.8 Å². The van der Waals surface area contributed by atoms with E-state index >= 15 is 0 Å². The molecular formula is C20H27N3O2. The van der Waals surface area contributed by atoms with Crippen molar-refractivity contribution < 1.29 is 9.53 Å². The Morgan fingerprint density at radius 2 is 1.76 bits per heavy atom. The molecular weight excluding hydrogens is 314 g/mol. The van der Waals surface area contributed by atoms with Gasteiger partial charge in [0.25, 0.3) is 0 Å². The Kier molecular flexibility index (Phi) is 5.89. The van der Waals surface area contributed by atoms with Crippen molar-refractivity contribution in [3.05, 3.63) is 54.4 Å². The van der Waals surface area contributed by atoms with Crippen molar-refractivity contribution in [1.29, 1.82) is 0 Å². The summed E-state index contributed by atoms with van der Waals surface area (Å²) in [5, 5.41) is 3.02. The third-order valence-electron chi connectivity index (χ3n) is 4.45.